The topological polar surface area (TPSA) is 71.2 Å². The molecule has 2 aromatic carbocycles. The maximum Gasteiger partial charge on any atom is 0.421 e. The largest absolute Gasteiger partial charge is 0.421 e. The highest BCUT2D eigenvalue weighted by Crippen LogP contribution is 2.38. The van der Waals surface area contributed by atoms with Crippen LogP contribution in [0.3, 0.4) is 0 Å². The molecule has 0 spiro atoms. The number of alkyl halides is 3. The Bertz CT molecular complexity index is 1420. The van der Waals surface area contributed by atoms with Crippen molar-refractivity contribution in [2.75, 3.05) is 13.1 Å². The lowest BCUT2D eigenvalue weighted by molar-refractivity contribution is -0.258. The van der Waals surface area contributed by atoms with E-state index in [-0.39, 0.29) is 11.3 Å². The van der Waals surface area contributed by atoms with Gasteiger partial charge in [-0.25, -0.2) is 4.98 Å². The average molecular weight is 537 g/mol. The number of ketones is 1. The van der Waals surface area contributed by atoms with E-state index in [1.54, 1.807) is 24.5 Å². The third kappa shape index (κ3) is 6.04. The predicted molar refractivity (Wildman–Crippen MR) is 142 cm³/mol. The normalized spacial score (nSPS) is 16.8. The van der Waals surface area contributed by atoms with E-state index in [0.717, 1.165) is 60.6 Å². The van der Waals surface area contributed by atoms with Crippen LogP contribution in [0.1, 0.15) is 48.1 Å². The van der Waals surface area contributed by atoms with Crippen molar-refractivity contribution in [2.24, 2.45) is 0 Å². The van der Waals surface area contributed by atoms with Gasteiger partial charge in [-0.05, 0) is 66.3 Å². The third-order valence-electron chi connectivity index (χ3n) is 7.62. The number of aliphatic hydroxyl groups is 1. The van der Waals surface area contributed by atoms with Crippen LogP contribution >= 0.6 is 0 Å². The number of imidazole rings is 1. The molecule has 2 aromatic heterocycles. The SMILES string of the molecule is CC(O)(c1ccc(CN2CCC(n3cnc4cc(CC(=O)Cc5ccncc5)ccc43)CC2)cc1)C(F)(F)F. The number of piperidine rings is 1. The first kappa shape index (κ1) is 27.0. The summed E-state index contributed by atoms with van der Waals surface area (Å²) >= 11 is 0. The summed E-state index contributed by atoms with van der Waals surface area (Å²) in [5, 5.41) is 9.88. The Kier molecular flexibility index (Phi) is 7.55. The van der Waals surface area contributed by atoms with Crippen LogP contribution in [0.5, 0.6) is 0 Å². The summed E-state index contributed by atoms with van der Waals surface area (Å²) in [6.07, 6.45) is 3.13. The van der Waals surface area contributed by atoms with E-state index < -0.39 is 11.8 Å². The molecule has 0 aliphatic carbocycles. The molecule has 1 fully saturated rings. The summed E-state index contributed by atoms with van der Waals surface area (Å²) in [5.41, 5.74) is 1.71. The fourth-order valence-corrected chi connectivity index (χ4v) is 5.21. The van der Waals surface area contributed by atoms with Gasteiger partial charge in [0.25, 0.3) is 0 Å². The summed E-state index contributed by atoms with van der Waals surface area (Å²) in [4.78, 5) is 23.4. The lowest BCUT2D eigenvalue weighted by Gasteiger charge is -2.33. The van der Waals surface area contributed by atoms with Crippen molar-refractivity contribution in [1.82, 2.24) is 19.4 Å². The molecule has 5 rings (SSSR count). The zero-order valence-corrected chi connectivity index (χ0v) is 21.7. The molecule has 1 N–H and O–H groups in total. The molecule has 0 radical (unpaired) electrons. The van der Waals surface area contributed by atoms with Gasteiger partial charge in [0.05, 0.1) is 17.4 Å². The van der Waals surface area contributed by atoms with Crippen molar-refractivity contribution < 1.29 is 23.1 Å². The number of benzene rings is 2. The van der Waals surface area contributed by atoms with E-state index in [0.29, 0.717) is 25.4 Å². The second-order valence-electron chi connectivity index (χ2n) is 10.5. The Balaban J connectivity index is 1.17. The van der Waals surface area contributed by atoms with Crippen molar-refractivity contribution in [1.29, 1.82) is 0 Å². The highest BCUT2D eigenvalue weighted by atomic mass is 19.4. The van der Waals surface area contributed by atoms with Crippen LogP contribution in [-0.2, 0) is 29.8 Å². The van der Waals surface area contributed by atoms with Gasteiger partial charge in [0.15, 0.2) is 5.60 Å². The zero-order valence-electron chi connectivity index (χ0n) is 21.7. The summed E-state index contributed by atoms with van der Waals surface area (Å²) in [5.74, 6) is 0.146. The van der Waals surface area contributed by atoms with Gasteiger partial charge in [0, 0.05) is 50.9 Å². The van der Waals surface area contributed by atoms with Crippen LogP contribution in [-0.4, -0.2) is 49.6 Å². The number of hydrogen-bond donors (Lipinski definition) is 1. The number of carbonyl (C=O) groups is 1. The molecule has 9 heteroatoms. The number of likely N-dealkylation sites (tertiary alicyclic amines) is 1. The number of halogens is 3. The molecule has 0 saturated carbocycles. The Morgan fingerprint density at radius 2 is 1.59 bits per heavy atom. The number of rotatable bonds is 8. The fraction of sp³-hybridized carbons (Fsp3) is 0.367. The number of Topliss-reactive ketones (excluding diaryl/α,β-unsaturated/α-hetero) is 1. The minimum Gasteiger partial charge on any atom is -0.376 e. The molecule has 4 aromatic rings. The molecule has 1 unspecified atom stereocenters. The molecule has 204 valence electrons. The molecule has 3 heterocycles. The lowest BCUT2D eigenvalue weighted by atomic mass is 9.94. The Hall–Kier alpha value is -3.56. The van der Waals surface area contributed by atoms with Gasteiger partial charge in [-0.3, -0.25) is 14.7 Å². The molecule has 0 bridgehead atoms. The number of aromatic nitrogens is 3. The first-order chi connectivity index (χ1) is 18.6. The summed E-state index contributed by atoms with van der Waals surface area (Å²) in [6.45, 7) is 3.13. The van der Waals surface area contributed by atoms with E-state index in [2.05, 4.69) is 19.4 Å². The summed E-state index contributed by atoms with van der Waals surface area (Å²) in [7, 11) is 0. The van der Waals surface area contributed by atoms with Crippen molar-refractivity contribution in [2.45, 2.75) is 57.0 Å². The standard InChI is InChI=1S/C30H31F3N4O2/c1-29(39,30(31,32)33)24-5-2-22(3-6-24)19-36-14-10-25(11-15-36)37-20-35-27-18-23(4-7-28(27)37)17-26(38)16-21-8-12-34-13-9-21/h2-9,12-13,18,20,25,39H,10-11,14-17,19H2,1H3. The lowest BCUT2D eigenvalue weighted by Crippen LogP contribution is -2.39. The molecule has 1 saturated heterocycles. The van der Waals surface area contributed by atoms with Gasteiger partial charge in [-0.1, -0.05) is 30.3 Å². The minimum atomic E-state index is -4.73. The fourth-order valence-electron chi connectivity index (χ4n) is 5.21. The van der Waals surface area contributed by atoms with Crippen LogP contribution in [0.15, 0.2) is 73.3 Å². The molecule has 1 atom stereocenters. The number of pyridine rings is 1. The van der Waals surface area contributed by atoms with Crippen LogP contribution in [0, 0.1) is 0 Å². The van der Waals surface area contributed by atoms with E-state index in [1.165, 1.54) is 12.1 Å². The predicted octanol–water partition coefficient (Wildman–Crippen LogP) is 5.39. The molecule has 1 aliphatic heterocycles. The third-order valence-corrected chi connectivity index (χ3v) is 7.62. The number of nitrogens with zero attached hydrogens (tertiary/aromatic N) is 4. The average Bonchev–Trinajstić information content (AvgIpc) is 3.32. The highest BCUT2D eigenvalue weighted by molar-refractivity contribution is 5.85. The van der Waals surface area contributed by atoms with Gasteiger partial charge in [-0.15, -0.1) is 0 Å². The van der Waals surface area contributed by atoms with Crippen molar-refractivity contribution in [3.05, 3.63) is 95.6 Å². The van der Waals surface area contributed by atoms with Gasteiger partial charge in [-0.2, -0.15) is 13.2 Å². The Morgan fingerprint density at radius 3 is 2.26 bits per heavy atom. The van der Waals surface area contributed by atoms with Crippen molar-refractivity contribution >= 4 is 16.8 Å². The van der Waals surface area contributed by atoms with Crippen LogP contribution in [0.2, 0.25) is 0 Å². The maximum atomic E-state index is 13.1. The molecular weight excluding hydrogens is 505 g/mol. The number of fused-ring (bicyclic) bond motifs is 1. The zero-order chi connectivity index (χ0) is 27.6. The monoisotopic (exact) mass is 536 g/mol. The van der Waals surface area contributed by atoms with Crippen LogP contribution in [0.4, 0.5) is 13.2 Å². The quantitative estimate of drug-likeness (QED) is 0.327. The molecule has 1 aliphatic rings. The summed E-state index contributed by atoms with van der Waals surface area (Å²) in [6, 6.07) is 16.1. The van der Waals surface area contributed by atoms with Crippen molar-refractivity contribution in [3.63, 3.8) is 0 Å². The first-order valence-electron chi connectivity index (χ1n) is 13.1. The van der Waals surface area contributed by atoms with Gasteiger partial charge < -0.3 is 9.67 Å². The number of carbonyl (C=O) groups excluding carboxylic acids is 1. The highest BCUT2D eigenvalue weighted by Gasteiger charge is 2.51. The molecule has 6 nitrogen and oxygen atoms in total. The molecular formula is C30H31F3N4O2. The van der Waals surface area contributed by atoms with Crippen LogP contribution in [0.25, 0.3) is 11.0 Å². The Labute approximate surface area is 225 Å². The smallest absolute Gasteiger partial charge is 0.376 e. The van der Waals surface area contributed by atoms with E-state index in [9.17, 15) is 23.1 Å². The van der Waals surface area contributed by atoms with Crippen LogP contribution < -0.4 is 0 Å². The molecule has 0 amide bonds. The van der Waals surface area contributed by atoms with Gasteiger partial charge in [0.1, 0.15) is 5.78 Å². The second kappa shape index (κ2) is 10.9. The molecule has 39 heavy (non-hydrogen) atoms. The van der Waals surface area contributed by atoms with Gasteiger partial charge >= 0.3 is 6.18 Å². The van der Waals surface area contributed by atoms with Gasteiger partial charge in [0.2, 0.25) is 0 Å². The Morgan fingerprint density at radius 1 is 0.949 bits per heavy atom. The summed E-state index contributed by atoms with van der Waals surface area (Å²) < 4.78 is 41.5. The van der Waals surface area contributed by atoms with E-state index >= 15 is 0 Å². The second-order valence-corrected chi connectivity index (χ2v) is 10.5. The maximum absolute atomic E-state index is 13.1. The van der Waals surface area contributed by atoms with Crippen molar-refractivity contribution in [3.8, 4) is 0 Å². The van der Waals surface area contributed by atoms with E-state index in [4.69, 9.17) is 0 Å². The minimum absolute atomic E-state index is 0.146. The first-order valence-corrected chi connectivity index (χ1v) is 13.1. The number of hydrogen-bond acceptors (Lipinski definition) is 5. The van der Waals surface area contributed by atoms with E-state index in [1.807, 2.05) is 36.7 Å².